The molecule has 22 heavy (non-hydrogen) atoms. The van der Waals surface area contributed by atoms with E-state index >= 15 is 0 Å². The molecule has 5 heteroatoms. The molecular weight excluding hydrogens is 280 g/mol. The van der Waals surface area contributed by atoms with Gasteiger partial charge in [-0.2, -0.15) is 0 Å². The van der Waals surface area contributed by atoms with Crippen molar-refractivity contribution >= 4 is 17.5 Å². The van der Waals surface area contributed by atoms with Crippen molar-refractivity contribution in [2.45, 2.75) is 20.4 Å². The molecule has 0 saturated carbocycles. The molecule has 0 aromatic heterocycles. The van der Waals surface area contributed by atoms with Crippen molar-refractivity contribution < 1.29 is 14.7 Å². The second-order valence-electron chi connectivity index (χ2n) is 5.08. The first-order valence-electron chi connectivity index (χ1n) is 6.90. The van der Waals surface area contributed by atoms with Gasteiger partial charge in [-0.25, -0.2) is 0 Å². The monoisotopic (exact) mass is 298 g/mol. The molecule has 0 bridgehead atoms. The van der Waals surface area contributed by atoms with Crippen LogP contribution in [-0.2, 0) is 11.3 Å². The number of carbonyl (C=O) groups excluding carboxylic acids is 2. The Hall–Kier alpha value is -2.82. The molecule has 0 aliphatic carbocycles. The molecule has 0 saturated heterocycles. The highest BCUT2D eigenvalue weighted by atomic mass is 16.3. The van der Waals surface area contributed by atoms with Crippen LogP contribution in [0.25, 0.3) is 0 Å². The molecule has 0 unspecified atom stereocenters. The Balaban J connectivity index is 2.04. The average Bonchev–Trinajstić information content (AvgIpc) is 2.48. The van der Waals surface area contributed by atoms with Crippen molar-refractivity contribution in [2.75, 3.05) is 5.32 Å². The SMILES string of the molecule is CC(=O)NCc1ccc(C(=O)Nc2ccc(C)cc2O)cc1. The highest BCUT2D eigenvalue weighted by molar-refractivity contribution is 6.05. The van der Waals surface area contributed by atoms with E-state index in [0.29, 0.717) is 17.8 Å². The molecule has 0 heterocycles. The molecule has 0 radical (unpaired) electrons. The maximum Gasteiger partial charge on any atom is 0.255 e. The molecule has 2 aromatic rings. The number of aromatic hydroxyl groups is 1. The van der Waals surface area contributed by atoms with Gasteiger partial charge in [0.15, 0.2) is 0 Å². The third-order valence-corrected chi connectivity index (χ3v) is 3.16. The molecule has 0 atom stereocenters. The minimum Gasteiger partial charge on any atom is -0.506 e. The molecule has 5 nitrogen and oxygen atoms in total. The number of benzene rings is 2. The number of nitrogens with one attached hydrogen (secondary N) is 2. The van der Waals surface area contributed by atoms with Crippen LogP contribution in [0, 0.1) is 6.92 Å². The van der Waals surface area contributed by atoms with Gasteiger partial charge in [0.1, 0.15) is 5.75 Å². The van der Waals surface area contributed by atoms with Crippen LogP contribution >= 0.6 is 0 Å². The van der Waals surface area contributed by atoms with Gasteiger partial charge < -0.3 is 15.7 Å². The van der Waals surface area contributed by atoms with E-state index < -0.39 is 0 Å². The van der Waals surface area contributed by atoms with Gasteiger partial charge in [0.05, 0.1) is 5.69 Å². The number of aryl methyl sites for hydroxylation is 1. The van der Waals surface area contributed by atoms with Crippen molar-refractivity contribution in [1.82, 2.24) is 5.32 Å². The van der Waals surface area contributed by atoms with E-state index in [4.69, 9.17) is 0 Å². The Morgan fingerprint density at radius 3 is 2.36 bits per heavy atom. The van der Waals surface area contributed by atoms with E-state index in [1.54, 1.807) is 36.4 Å². The van der Waals surface area contributed by atoms with Crippen LogP contribution < -0.4 is 10.6 Å². The van der Waals surface area contributed by atoms with Crippen LogP contribution in [0.4, 0.5) is 5.69 Å². The van der Waals surface area contributed by atoms with Gasteiger partial charge in [0.2, 0.25) is 5.91 Å². The lowest BCUT2D eigenvalue weighted by Crippen LogP contribution is -2.19. The standard InChI is InChI=1S/C17H18N2O3/c1-11-3-8-15(16(21)9-11)19-17(22)14-6-4-13(5-7-14)10-18-12(2)20/h3-9,21H,10H2,1-2H3,(H,18,20)(H,19,22). The number of amides is 2. The molecule has 0 fully saturated rings. The summed E-state index contributed by atoms with van der Waals surface area (Å²) in [6, 6.07) is 12.0. The van der Waals surface area contributed by atoms with Crippen molar-refractivity contribution in [3.05, 3.63) is 59.2 Å². The zero-order valence-electron chi connectivity index (χ0n) is 12.5. The van der Waals surface area contributed by atoms with Crippen LogP contribution in [0.2, 0.25) is 0 Å². The van der Waals surface area contributed by atoms with E-state index in [1.807, 2.05) is 13.0 Å². The molecule has 0 aliphatic heterocycles. The normalized spacial score (nSPS) is 10.1. The fraction of sp³-hybridized carbons (Fsp3) is 0.176. The predicted octanol–water partition coefficient (Wildman–Crippen LogP) is 2.59. The summed E-state index contributed by atoms with van der Waals surface area (Å²) in [5.41, 5.74) is 2.67. The summed E-state index contributed by atoms with van der Waals surface area (Å²) in [6.07, 6.45) is 0. The number of phenols is 1. The smallest absolute Gasteiger partial charge is 0.255 e. The van der Waals surface area contributed by atoms with Gasteiger partial charge in [-0.05, 0) is 42.3 Å². The number of carbonyl (C=O) groups is 2. The van der Waals surface area contributed by atoms with Gasteiger partial charge in [0, 0.05) is 19.0 Å². The van der Waals surface area contributed by atoms with E-state index in [1.165, 1.54) is 6.92 Å². The molecule has 0 aliphatic rings. The Kier molecular flexibility index (Phi) is 4.78. The Labute approximate surface area is 129 Å². The summed E-state index contributed by atoms with van der Waals surface area (Å²) in [5, 5.41) is 15.2. The first kappa shape index (κ1) is 15.6. The average molecular weight is 298 g/mol. The van der Waals surface area contributed by atoms with Gasteiger partial charge in [-0.3, -0.25) is 9.59 Å². The fourth-order valence-corrected chi connectivity index (χ4v) is 1.94. The topological polar surface area (TPSA) is 78.4 Å². The van der Waals surface area contributed by atoms with Crippen molar-refractivity contribution in [1.29, 1.82) is 0 Å². The van der Waals surface area contributed by atoms with Gasteiger partial charge in [-0.15, -0.1) is 0 Å². The summed E-state index contributed by atoms with van der Waals surface area (Å²) >= 11 is 0. The lowest BCUT2D eigenvalue weighted by Gasteiger charge is -2.09. The van der Waals surface area contributed by atoms with Crippen LogP contribution in [0.1, 0.15) is 28.4 Å². The highest BCUT2D eigenvalue weighted by Gasteiger charge is 2.09. The Morgan fingerprint density at radius 2 is 1.77 bits per heavy atom. The van der Waals surface area contributed by atoms with Crippen molar-refractivity contribution in [2.24, 2.45) is 0 Å². The maximum atomic E-state index is 12.1. The molecular formula is C17H18N2O3. The fourth-order valence-electron chi connectivity index (χ4n) is 1.94. The number of hydrogen-bond acceptors (Lipinski definition) is 3. The Bertz CT molecular complexity index is 694. The molecule has 2 amide bonds. The summed E-state index contributed by atoms with van der Waals surface area (Å²) in [4.78, 5) is 23.0. The minimum absolute atomic E-state index is 0.0376. The van der Waals surface area contributed by atoms with Crippen LogP contribution in [0.5, 0.6) is 5.75 Å². The number of anilines is 1. The molecule has 2 rings (SSSR count). The molecule has 0 spiro atoms. The van der Waals surface area contributed by atoms with E-state index in [0.717, 1.165) is 11.1 Å². The summed E-state index contributed by atoms with van der Waals surface area (Å²) in [5.74, 6) is -0.363. The third kappa shape index (κ3) is 4.09. The third-order valence-electron chi connectivity index (χ3n) is 3.16. The van der Waals surface area contributed by atoms with Crippen LogP contribution in [-0.4, -0.2) is 16.9 Å². The Morgan fingerprint density at radius 1 is 1.09 bits per heavy atom. The van der Waals surface area contributed by atoms with E-state index in [9.17, 15) is 14.7 Å². The first-order chi connectivity index (χ1) is 10.5. The highest BCUT2D eigenvalue weighted by Crippen LogP contribution is 2.24. The summed E-state index contributed by atoms with van der Waals surface area (Å²) < 4.78 is 0. The van der Waals surface area contributed by atoms with E-state index in [2.05, 4.69) is 10.6 Å². The summed E-state index contributed by atoms with van der Waals surface area (Å²) in [7, 11) is 0. The van der Waals surface area contributed by atoms with Gasteiger partial charge in [0.25, 0.3) is 5.91 Å². The maximum absolute atomic E-state index is 12.1. The first-order valence-corrected chi connectivity index (χ1v) is 6.90. The second kappa shape index (κ2) is 6.76. The predicted molar refractivity (Wildman–Crippen MR) is 84.8 cm³/mol. The zero-order valence-corrected chi connectivity index (χ0v) is 12.5. The second-order valence-corrected chi connectivity index (χ2v) is 5.08. The van der Waals surface area contributed by atoms with Crippen LogP contribution in [0.15, 0.2) is 42.5 Å². The zero-order chi connectivity index (χ0) is 16.1. The van der Waals surface area contributed by atoms with Gasteiger partial charge >= 0.3 is 0 Å². The minimum atomic E-state index is -0.301. The van der Waals surface area contributed by atoms with Gasteiger partial charge in [-0.1, -0.05) is 18.2 Å². The summed E-state index contributed by atoms with van der Waals surface area (Å²) in [6.45, 7) is 3.74. The quantitative estimate of drug-likeness (QED) is 0.759. The van der Waals surface area contributed by atoms with Crippen molar-refractivity contribution in [3.63, 3.8) is 0 Å². The lowest BCUT2D eigenvalue weighted by molar-refractivity contribution is -0.119. The lowest BCUT2D eigenvalue weighted by atomic mass is 10.1. The molecule has 3 N–H and O–H groups in total. The van der Waals surface area contributed by atoms with E-state index in [-0.39, 0.29) is 17.6 Å². The largest absolute Gasteiger partial charge is 0.506 e. The van der Waals surface area contributed by atoms with Crippen LogP contribution in [0.3, 0.4) is 0 Å². The van der Waals surface area contributed by atoms with Crippen molar-refractivity contribution in [3.8, 4) is 5.75 Å². The number of hydrogen-bond donors (Lipinski definition) is 3. The number of phenolic OH excluding ortho intramolecular Hbond substituents is 1. The number of rotatable bonds is 4. The molecule has 114 valence electrons. The molecule has 2 aromatic carbocycles.